The molecule has 1 saturated carbocycles. The van der Waals surface area contributed by atoms with Crippen molar-refractivity contribution in [1.29, 1.82) is 0 Å². The molecular weight excluding hydrogens is 295 g/mol. The van der Waals surface area contributed by atoms with E-state index in [0.717, 1.165) is 24.8 Å². The summed E-state index contributed by atoms with van der Waals surface area (Å²) in [7, 11) is 0. The van der Waals surface area contributed by atoms with Gasteiger partial charge in [-0.25, -0.2) is 9.37 Å². The van der Waals surface area contributed by atoms with E-state index in [1.54, 1.807) is 6.20 Å². The Balaban J connectivity index is 1.77. The second-order valence-electron chi connectivity index (χ2n) is 5.34. The van der Waals surface area contributed by atoms with Crippen LogP contribution in [0.4, 0.5) is 10.2 Å². The second kappa shape index (κ2) is 6.50. The molecule has 1 fully saturated rings. The Bertz CT molecular complexity index is 397. The molecular formula is C14H20BrFN2. The molecule has 1 heterocycles. The van der Waals surface area contributed by atoms with Crippen molar-refractivity contribution in [3.8, 4) is 0 Å². The van der Waals surface area contributed by atoms with E-state index >= 15 is 0 Å². The van der Waals surface area contributed by atoms with Crippen LogP contribution in [0.3, 0.4) is 0 Å². The molecule has 0 aliphatic heterocycles. The van der Waals surface area contributed by atoms with E-state index in [0.29, 0.717) is 10.3 Å². The molecule has 4 heteroatoms. The van der Waals surface area contributed by atoms with Crippen molar-refractivity contribution in [3.05, 3.63) is 22.6 Å². The molecule has 2 atom stereocenters. The number of rotatable bonds is 4. The first-order valence-corrected chi connectivity index (χ1v) is 7.49. The lowest BCUT2D eigenvalue weighted by Gasteiger charge is -2.26. The van der Waals surface area contributed by atoms with Gasteiger partial charge in [0.1, 0.15) is 0 Å². The van der Waals surface area contributed by atoms with Crippen LogP contribution in [0.2, 0.25) is 0 Å². The predicted molar refractivity (Wildman–Crippen MR) is 76.1 cm³/mol. The van der Waals surface area contributed by atoms with Crippen molar-refractivity contribution in [2.24, 2.45) is 11.8 Å². The second-order valence-corrected chi connectivity index (χ2v) is 6.25. The molecule has 0 aromatic carbocycles. The number of hydrogen-bond donors (Lipinski definition) is 1. The van der Waals surface area contributed by atoms with Crippen molar-refractivity contribution in [1.82, 2.24) is 4.98 Å². The summed E-state index contributed by atoms with van der Waals surface area (Å²) in [5.74, 6) is 1.72. The van der Waals surface area contributed by atoms with E-state index < -0.39 is 0 Å². The Morgan fingerprint density at radius 1 is 1.50 bits per heavy atom. The van der Waals surface area contributed by atoms with E-state index in [2.05, 4.69) is 33.2 Å². The minimum Gasteiger partial charge on any atom is -0.368 e. The summed E-state index contributed by atoms with van der Waals surface area (Å²) in [4.78, 5) is 4.04. The topological polar surface area (TPSA) is 24.9 Å². The van der Waals surface area contributed by atoms with Crippen LogP contribution >= 0.6 is 15.9 Å². The van der Waals surface area contributed by atoms with Gasteiger partial charge in [0.25, 0.3) is 0 Å². The third kappa shape index (κ3) is 3.94. The lowest BCUT2D eigenvalue weighted by molar-refractivity contribution is 0.274. The minimum absolute atomic E-state index is 0.290. The first-order valence-electron chi connectivity index (χ1n) is 6.70. The molecule has 2 nitrogen and oxygen atoms in total. The van der Waals surface area contributed by atoms with Gasteiger partial charge in [0.15, 0.2) is 11.6 Å². The van der Waals surface area contributed by atoms with E-state index in [-0.39, 0.29) is 5.82 Å². The Labute approximate surface area is 117 Å². The fourth-order valence-corrected chi connectivity index (χ4v) is 3.06. The average Bonchev–Trinajstić information content (AvgIpc) is 2.32. The van der Waals surface area contributed by atoms with Crippen molar-refractivity contribution >= 4 is 21.7 Å². The largest absolute Gasteiger partial charge is 0.368 e. The van der Waals surface area contributed by atoms with Gasteiger partial charge in [-0.15, -0.1) is 0 Å². The van der Waals surface area contributed by atoms with Gasteiger partial charge in [-0.05, 0) is 46.7 Å². The van der Waals surface area contributed by atoms with E-state index in [1.807, 2.05) is 0 Å². The molecule has 1 aromatic rings. The molecule has 2 rings (SSSR count). The first-order chi connectivity index (χ1) is 8.65. The summed E-state index contributed by atoms with van der Waals surface area (Å²) in [6.07, 6.45) is 8.08. The number of hydrogen-bond acceptors (Lipinski definition) is 2. The number of nitrogens with zero attached hydrogens (tertiary/aromatic N) is 1. The van der Waals surface area contributed by atoms with Crippen LogP contribution in [0.15, 0.2) is 16.7 Å². The summed E-state index contributed by atoms with van der Waals surface area (Å²) < 4.78 is 14.2. The number of anilines is 1. The van der Waals surface area contributed by atoms with Gasteiger partial charge in [-0.2, -0.15) is 0 Å². The van der Waals surface area contributed by atoms with Crippen LogP contribution in [-0.4, -0.2) is 11.5 Å². The summed E-state index contributed by atoms with van der Waals surface area (Å²) in [6, 6.07) is 1.44. The van der Waals surface area contributed by atoms with Crippen LogP contribution in [-0.2, 0) is 0 Å². The summed E-state index contributed by atoms with van der Waals surface area (Å²) in [5, 5.41) is 3.10. The van der Waals surface area contributed by atoms with Gasteiger partial charge in [-0.1, -0.05) is 26.2 Å². The average molecular weight is 315 g/mol. The molecule has 1 aromatic heterocycles. The summed E-state index contributed by atoms with van der Waals surface area (Å²) in [6.45, 7) is 3.14. The highest BCUT2D eigenvalue weighted by Crippen LogP contribution is 2.30. The molecule has 18 heavy (non-hydrogen) atoms. The van der Waals surface area contributed by atoms with Gasteiger partial charge in [0, 0.05) is 17.2 Å². The standard InChI is InChI=1S/C14H20BrFN2/c1-10-3-2-4-11(7-10)5-6-17-14-13(16)8-12(15)9-18-14/h8-11H,2-7H2,1H3,(H,17,18). The quantitative estimate of drug-likeness (QED) is 0.877. The molecule has 1 N–H and O–H groups in total. The van der Waals surface area contributed by atoms with Crippen molar-refractivity contribution in [2.75, 3.05) is 11.9 Å². The molecule has 0 bridgehead atoms. The van der Waals surface area contributed by atoms with Crippen LogP contribution in [0.1, 0.15) is 39.0 Å². The van der Waals surface area contributed by atoms with Crippen LogP contribution in [0, 0.1) is 17.7 Å². The van der Waals surface area contributed by atoms with Crippen molar-refractivity contribution in [2.45, 2.75) is 39.0 Å². The highest BCUT2D eigenvalue weighted by atomic mass is 79.9. The molecule has 0 amide bonds. The molecule has 1 aliphatic rings. The van der Waals surface area contributed by atoms with Crippen molar-refractivity contribution < 1.29 is 4.39 Å². The number of halogens is 2. The predicted octanol–water partition coefficient (Wildman–Crippen LogP) is 4.61. The van der Waals surface area contributed by atoms with Crippen LogP contribution < -0.4 is 5.32 Å². The lowest BCUT2D eigenvalue weighted by Crippen LogP contribution is -2.17. The third-order valence-electron chi connectivity index (χ3n) is 3.70. The Morgan fingerprint density at radius 2 is 2.33 bits per heavy atom. The minimum atomic E-state index is -0.290. The van der Waals surface area contributed by atoms with Gasteiger partial charge in [-0.3, -0.25) is 0 Å². The SMILES string of the molecule is CC1CCCC(CCNc2ncc(Br)cc2F)C1. The number of aromatic nitrogens is 1. The third-order valence-corrected chi connectivity index (χ3v) is 4.13. The van der Waals surface area contributed by atoms with Crippen LogP contribution in [0.25, 0.3) is 0 Å². The van der Waals surface area contributed by atoms with Crippen LogP contribution in [0.5, 0.6) is 0 Å². The molecule has 1 aliphatic carbocycles. The zero-order chi connectivity index (χ0) is 13.0. The zero-order valence-corrected chi connectivity index (χ0v) is 12.3. The molecule has 2 unspecified atom stereocenters. The molecule has 100 valence electrons. The number of nitrogens with one attached hydrogen (secondary N) is 1. The van der Waals surface area contributed by atoms with Crippen molar-refractivity contribution in [3.63, 3.8) is 0 Å². The summed E-state index contributed by atoms with van der Waals surface area (Å²) >= 11 is 3.20. The fraction of sp³-hybridized carbons (Fsp3) is 0.643. The maximum atomic E-state index is 13.5. The van der Waals surface area contributed by atoms with Gasteiger partial charge in [0.05, 0.1) is 0 Å². The summed E-state index contributed by atoms with van der Waals surface area (Å²) in [5.41, 5.74) is 0. The monoisotopic (exact) mass is 314 g/mol. The molecule has 0 saturated heterocycles. The van der Waals surface area contributed by atoms with E-state index in [1.165, 1.54) is 31.7 Å². The maximum absolute atomic E-state index is 13.5. The van der Waals surface area contributed by atoms with E-state index in [9.17, 15) is 4.39 Å². The van der Waals surface area contributed by atoms with Gasteiger partial charge in [0.2, 0.25) is 0 Å². The van der Waals surface area contributed by atoms with Gasteiger partial charge >= 0.3 is 0 Å². The normalized spacial score (nSPS) is 23.9. The fourth-order valence-electron chi connectivity index (χ4n) is 2.76. The highest BCUT2D eigenvalue weighted by molar-refractivity contribution is 9.10. The van der Waals surface area contributed by atoms with E-state index in [4.69, 9.17) is 0 Å². The first kappa shape index (κ1) is 13.8. The Hall–Kier alpha value is -0.640. The Kier molecular flexibility index (Phi) is 4.98. The Morgan fingerprint density at radius 3 is 3.06 bits per heavy atom. The number of pyridine rings is 1. The lowest BCUT2D eigenvalue weighted by atomic mass is 9.81. The highest BCUT2D eigenvalue weighted by Gasteiger charge is 2.18. The molecule has 0 spiro atoms. The maximum Gasteiger partial charge on any atom is 0.166 e. The smallest absolute Gasteiger partial charge is 0.166 e. The van der Waals surface area contributed by atoms with Gasteiger partial charge < -0.3 is 5.32 Å². The molecule has 0 radical (unpaired) electrons. The zero-order valence-electron chi connectivity index (χ0n) is 10.8.